The summed E-state index contributed by atoms with van der Waals surface area (Å²) >= 11 is 0. The van der Waals surface area contributed by atoms with Crippen LogP contribution in [0.25, 0.3) is 0 Å². The molecule has 0 aliphatic rings. The molecule has 1 aromatic rings. The van der Waals surface area contributed by atoms with Crippen molar-refractivity contribution in [1.82, 2.24) is 5.32 Å². The number of hydrogen-bond donors (Lipinski definition) is 1. The Morgan fingerprint density at radius 1 is 1.05 bits per heavy atom. The number of aryl methyl sites for hydroxylation is 1. The van der Waals surface area contributed by atoms with Crippen LogP contribution in [0.3, 0.4) is 0 Å². The van der Waals surface area contributed by atoms with Crippen LogP contribution in [0.5, 0.6) is 0 Å². The van der Waals surface area contributed by atoms with Gasteiger partial charge in [-0.3, -0.25) is 0 Å². The molecule has 2 atom stereocenters. The molecule has 0 radical (unpaired) electrons. The van der Waals surface area contributed by atoms with Gasteiger partial charge in [-0.05, 0) is 43.4 Å². The van der Waals surface area contributed by atoms with Crippen molar-refractivity contribution < 1.29 is 4.74 Å². The molecule has 0 aliphatic heterocycles. The monoisotopic (exact) mass is 277 g/mol. The van der Waals surface area contributed by atoms with E-state index in [0.29, 0.717) is 5.92 Å². The van der Waals surface area contributed by atoms with E-state index in [1.807, 2.05) is 0 Å². The van der Waals surface area contributed by atoms with Crippen molar-refractivity contribution in [2.24, 2.45) is 5.92 Å². The molecular formula is C18H31NO. The summed E-state index contributed by atoms with van der Waals surface area (Å²) in [6.45, 7) is 12.8. The van der Waals surface area contributed by atoms with Crippen LogP contribution in [0.1, 0.15) is 58.2 Å². The van der Waals surface area contributed by atoms with Gasteiger partial charge in [-0.15, -0.1) is 0 Å². The van der Waals surface area contributed by atoms with Crippen LogP contribution < -0.4 is 5.32 Å². The van der Waals surface area contributed by atoms with Crippen molar-refractivity contribution in [2.45, 2.75) is 59.6 Å². The Kier molecular flexibility index (Phi) is 7.86. The van der Waals surface area contributed by atoms with Gasteiger partial charge < -0.3 is 10.1 Å². The van der Waals surface area contributed by atoms with Crippen molar-refractivity contribution >= 4 is 0 Å². The predicted octanol–water partition coefficient (Wildman–Crippen LogP) is 4.35. The molecular weight excluding hydrogens is 246 g/mol. The fourth-order valence-electron chi connectivity index (χ4n) is 2.26. The van der Waals surface area contributed by atoms with Crippen LogP contribution in [0.15, 0.2) is 24.3 Å². The highest BCUT2D eigenvalue weighted by Gasteiger charge is 2.19. The van der Waals surface area contributed by atoms with Crippen LogP contribution in [0.2, 0.25) is 0 Å². The third-order valence-electron chi connectivity index (χ3n) is 3.52. The van der Waals surface area contributed by atoms with E-state index in [-0.39, 0.29) is 12.1 Å². The van der Waals surface area contributed by atoms with Crippen molar-refractivity contribution in [3.8, 4) is 0 Å². The maximum atomic E-state index is 6.01. The first-order chi connectivity index (χ1) is 9.58. The number of nitrogens with one attached hydrogen (secondary N) is 1. The Labute approximate surface area is 124 Å². The van der Waals surface area contributed by atoms with Crippen LogP contribution in [0, 0.1) is 5.92 Å². The molecule has 0 fully saturated rings. The molecule has 1 aromatic carbocycles. The van der Waals surface area contributed by atoms with E-state index < -0.39 is 0 Å². The number of benzene rings is 1. The van der Waals surface area contributed by atoms with Crippen LogP contribution >= 0.6 is 0 Å². The van der Waals surface area contributed by atoms with Gasteiger partial charge in [-0.2, -0.15) is 0 Å². The fraction of sp³-hybridized carbons (Fsp3) is 0.667. The molecule has 0 saturated carbocycles. The molecule has 20 heavy (non-hydrogen) atoms. The van der Waals surface area contributed by atoms with E-state index in [0.717, 1.165) is 26.0 Å². The van der Waals surface area contributed by atoms with Gasteiger partial charge in [-0.1, -0.05) is 52.0 Å². The normalized spacial score (nSPS) is 14.5. The molecule has 114 valence electrons. The lowest BCUT2D eigenvalue weighted by Crippen LogP contribution is -2.33. The summed E-state index contributed by atoms with van der Waals surface area (Å²) in [7, 11) is 0. The van der Waals surface area contributed by atoms with Gasteiger partial charge in [0.25, 0.3) is 0 Å². The summed E-state index contributed by atoms with van der Waals surface area (Å²) in [5, 5.41) is 3.62. The summed E-state index contributed by atoms with van der Waals surface area (Å²) in [6.07, 6.45) is 2.42. The topological polar surface area (TPSA) is 21.3 Å². The maximum absolute atomic E-state index is 6.01. The highest BCUT2D eigenvalue weighted by molar-refractivity contribution is 5.25. The van der Waals surface area contributed by atoms with Gasteiger partial charge in [-0.25, -0.2) is 0 Å². The second kappa shape index (κ2) is 9.15. The molecule has 0 saturated heterocycles. The summed E-state index contributed by atoms with van der Waals surface area (Å²) < 4.78 is 6.01. The van der Waals surface area contributed by atoms with E-state index in [1.54, 1.807) is 0 Å². The van der Waals surface area contributed by atoms with Crippen LogP contribution in [-0.2, 0) is 11.2 Å². The maximum Gasteiger partial charge on any atom is 0.0741 e. The third kappa shape index (κ3) is 5.64. The summed E-state index contributed by atoms with van der Waals surface area (Å²) in [6, 6.07) is 9.21. The first kappa shape index (κ1) is 17.2. The van der Waals surface area contributed by atoms with E-state index in [2.05, 4.69) is 64.2 Å². The average molecular weight is 277 g/mol. The lowest BCUT2D eigenvalue weighted by Gasteiger charge is -2.27. The Morgan fingerprint density at radius 3 is 2.20 bits per heavy atom. The molecule has 2 unspecified atom stereocenters. The van der Waals surface area contributed by atoms with Crippen molar-refractivity contribution in [3.05, 3.63) is 35.4 Å². The molecule has 0 amide bonds. The first-order valence-corrected chi connectivity index (χ1v) is 8.02. The predicted molar refractivity (Wildman–Crippen MR) is 87.1 cm³/mol. The van der Waals surface area contributed by atoms with Gasteiger partial charge in [0, 0.05) is 6.61 Å². The van der Waals surface area contributed by atoms with Crippen LogP contribution in [0.4, 0.5) is 0 Å². The average Bonchev–Trinajstić information content (AvgIpc) is 2.46. The molecule has 0 bridgehead atoms. The number of ether oxygens (including phenoxy) is 1. The van der Waals surface area contributed by atoms with E-state index in [4.69, 9.17) is 4.74 Å². The summed E-state index contributed by atoms with van der Waals surface area (Å²) in [5.74, 6) is 0.576. The van der Waals surface area contributed by atoms with Crippen molar-refractivity contribution in [3.63, 3.8) is 0 Å². The molecule has 0 heterocycles. The standard InChI is InChI=1S/C18H31NO/c1-6-12-19-18(15(5)20-13-14(3)4)17-10-8-16(7-2)9-11-17/h8-11,14-15,18-19H,6-7,12-13H2,1-5H3. The van der Waals surface area contributed by atoms with E-state index in [9.17, 15) is 0 Å². The van der Waals surface area contributed by atoms with Crippen molar-refractivity contribution in [2.75, 3.05) is 13.2 Å². The SMILES string of the molecule is CCCNC(c1ccc(CC)cc1)C(C)OCC(C)C. The van der Waals surface area contributed by atoms with Gasteiger partial charge >= 0.3 is 0 Å². The highest BCUT2D eigenvalue weighted by Crippen LogP contribution is 2.21. The second-order valence-electron chi connectivity index (χ2n) is 5.96. The molecule has 2 heteroatoms. The quantitative estimate of drug-likeness (QED) is 0.724. The highest BCUT2D eigenvalue weighted by atomic mass is 16.5. The minimum atomic E-state index is 0.191. The summed E-state index contributed by atoms with van der Waals surface area (Å²) in [4.78, 5) is 0. The van der Waals surface area contributed by atoms with E-state index in [1.165, 1.54) is 11.1 Å². The molecule has 0 aliphatic carbocycles. The Balaban J connectivity index is 2.75. The third-order valence-corrected chi connectivity index (χ3v) is 3.52. The lowest BCUT2D eigenvalue weighted by atomic mass is 10.00. The molecule has 1 rings (SSSR count). The Hall–Kier alpha value is -0.860. The Morgan fingerprint density at radius 2 is 1.70 bits per heavy atom. The van der Waals surface area contributed by atoms with E-state index >= 15 is 0 Å². The molecule has 2 nitrogen and oxygen atoms in total. The van der Waals surface area contributed by atoms with Crippen molar-refractivity contribution in [1.29, 1.82) is 0 Å². The fourth-order valence-corrected chi connectivity index (χ4v) is 2.26. The second-order valence-corrected chi connectivity index (χ2v) is 5.96. The molecule has 0 aromatic heterocycles. The van der Waals surface area contributed by atoms with Gasteiger partial charge in [0.2, 0.25) is 0 Å². The summed E-state index contributed by atoms with van der Waals surface area (Å²) in [5.41, 5.74) is 2.71. The van der Waals surface area contributed by atoms with Crippen LogP contribution in [-0.4, -0.2) is 19.3 Å². The smallest absolute Gasteiger partial charge is 0.0741 e. The minimum Gasteiger partial charge on any atom is -0.376 e. The first-order valence-electron chi connectivity index (χ1n) is 8.02. The zero-order chi connectivity index (χ0) is 15.0. The zero-order valence-electron chi connectivity index (χ0n) is 13.8. The zero-order valence-corrected chi connectivity index (χ0v) is 13.8. The van der Waals surface area contributed by atoms with Gasteiger partial charge in [0.1, 0.15) is 0 Å². The molecule has 0 spiro atoms. The lowest BCUT2D eigenvalue weighted by molar-refractivity contribution is 0.0229. The molecule has 1 N–H and O–H groups in total. The Bertz CT molecular complexity index is 358. The minimum absolute atomic E-state index is 0.191. The number of hydrogen-bond acceptors (Lipinski definition) is 2. The van der Waals surface area contributed by atoms with Gasteiger partial charge in [0.15, 0.2) is 0 Å². The number of rotatable bonds is 9. The largest absolute Gasteiger partial charge is 0.376 e. The van der Waals surface area contributed by atoms with Gasteiger partial charge in [0.05, 0.1) is 12.1 Å².